The molecule has 1 aliphatic rings. The molecule has 0 radical (unpaired) electrons. The number of nitrogens with one attached hydrogen (secondary N) is 1. The lowest BCUT2D eigenvalue weighted by molar-refractivity contribution is 0.266. The van der Waals surface area contributed by atoms with E-state index in [1.165, 1.54) is 38.2 Å². The molecule has 1 nitrogen and oxygen atoms in total. The van der Waals surface area contributed by atoms with Gasteiger partial charge in [-0.25, -0.2) is 4.39 Å². The second-order valence-corrected chi connectivity index (χ2v) is 5.58. The molecule has 18 heavy (non-hydrogen) atoms. The van der Waals surface area contributed by atoms with Crippen LogP contribution in [0.1, 0.15) is 57.6 Å². The molecule has 0 saturated heterocycles. The van der Waals surface area contributed by atoms with Crippen LogP contribution in [0.15, 0.2) is 24.3 Å². The summed E-state index contributed by atoms with van der Waals surface area (Å²) in [5.74, 6) is 0.729. The van der Waals surface area contributed by atoms with Crippen LogP contribution in [0.5, 0.6) is 0 Å². The van der Waals surface area contributed by atoms with Crippen molar-refractivity contribution in [2.24, 2.45) is 5.92 Å². The van der Waals surface area contributed by atoms with E-state index in [9.17, 15) is 4.39 Å². The fraction of sp³-hybridized carbons (Fsp3) is 0.625. The summed E-state index contributed by atoms with van der Waals surface area (Å²) in [6.45, 7) is 4.41. The Morgan fingerprint density at radius 3 is 2.94 bits per heavy atom. The number of hydrogen-bond donors (Lipinski definition) is 1. The summed E-state index contributed by atoms with van der Waals surface area (Å²) in [6, 6.07) is 7.77. The topological polar surface area (TPSA) is 12.0 Å². The highest BCUT2D eigenvalue weighted by molar-refractivity contribution is 5.19. The minimum Gasteiger partial charge on any atom is -0.307 e. The highest BCUT2D eigenvalue weighted by Gasteiger charge is 2.22. The molecule has 2 unspecified atom stereocenters. The predicted octanol–water partition coefficient (Wildman–Crippen LogP) is 4.45. The van der Waals surface area contributed by atoms with Gasteiger partial charge in [-0.2, -0.15) is 0 Å². The van der Waals surface area contributed by atoms with E-state index >= 15 is 0 Å². The summed E-state index contributed by atoms with van der Waals surface area (Å²) in [7, 11) is 0. The second-order valence-electron chi connectivity index (χ2n) is 5.58. The summed E-state index contributed by atoms with van der Waals surface area (Å²) in [4.78, 5) is 0. The maximum Gasteiger partial charge on any atom is 0.123 e. The molecule has 1 fully saturated rings. The smallest absolute Gasteiger partial charge is 0.123 e. The molecule has 0 bridgehead atoms. The van der Waals surface area contributed by atoms with Crippen LogP contribution in [-0.2, 0) is 0 Å². The van der Waals surface area contributed by atoms with Crippen molar-refractivity contribution in [2.45, 2.75) is 58.0 Å². The monoisotopic (exact) mass is 249 g/mol. The molecule has 100 valence electrons. The zero-order valence-corrected chi connectivity index (χ0v) is 11.5. The Balaban J connectivity index is 1.92. The molecule has 2 rings (SSSR count). The predicted molar refractivity (Wildman–Crippen MR) is 74.0 cm³/mol. The summed E-state index contributed by atoms with van der Waals surface area (Å²) in [6.07, 6.45) is 6.52. The minimum absolute atomic E-state index is 0.142. The maximum absolute atomic E-state index is 13.2. The Morgan fingerprint density at radius 2 is 2.22 bits per heavy atom. The van der Waals surface area contributed by atoms with Crippen molar-refractivity contribution in [3.8, 4) is 0 Å². The van der Waals surface area contributed by atoms with Crippen LogP contribution in [0.3, 0.4) is 0 Å². The van der Waals surface area contributed by atoms with Crippen molar-refractivity contribution in [3.63, 3.8) is 0 Å². The van der Waals surface area contributed by atoms with Crippen LogP contribution in [0, 0.1) is 11.7 Å². The molecule has 0 aromatic heterocycles. The lowest BCUT2D eigenvalue weighted by Crippen LogP contribution is -2.35. The molecule has 0 aliphatic heterocycles. The molecule has 1 N–H and O–H groups in total. The van der Waals surface area contributed by atoms with Crippen LogP contribution in [0.2, 0.25) is 0 Å². The standard InChI is InChI=1S/C16H24FN/c1-3-13-6-4-9-16(10-13)18-12(2)14-7-5-8-15(17)11-14/h5,7-8,11-13,16,18H,3-4,6,9-10H2,1-2H3/t12-,13?,16?/m0/s1. The van der Waals surface area contributed by atoms with Crippen molar-refractivity contribution in [2.75, 3.05) is 0 Å². The molecule has 1 aromatic carbocycles. The summed E-state index contributed by atoms with van der Waals surface area (Å²) >= 11 is 0. The van der Waals surface area contributed by atoms with Crippen molar-refractivity contribution >= 4 is 0 Å². The largest absolute Gasteiger partial charge is 0.307 e. The van der Waals surface area contributed by atoms with Gasteiger partial charge >= 0.3 is 0 Å². The van der Waals surface area contributed by atoms with Crippen molar-refractivity contribution in [1.29, 1.82) is 0 Å². The van der Waals surface area contributed by atoms with Crippen LogP contribution >= 0.6 is 0 Å². The Hall–Kier alpha value is -0.890. The van der Waals surface area contributed by atoms with E-state index in [1.54, 1.807) is 12.1 Å². The van der Waals surface area contributed by atoms with E-state index < -0.39 is 0 Å². The fourth-order valence-corrected chi connectivity index (χ4v) is 3.04. The van der Waals surface area contributed by atoms with Gasteiger partial charge in [-0.3, -0.25) is 0 Å². The van der Waals surface area contributed by atoms with Crippen LogP contribution in [-0.4, -0.2) is 6.04 Å². The number of halogens is 1. The zero-order valence-electron chi connectivity index (χ0n) is 11.5. The van der Waals surface area contributed by atoms with Crippen molar-refractivity contribution < 1.29 is 4.39 Å². The third-order valence-corrected chi connectivity index (χ3v) is 4.19. The molecule has 3 atom stereocenters. The lowest BCUT2D eigenvalue weighted by Gasteiger charge is -2.31. The SMILES string of the molecule is CCC1CCCC(N[C@@H](C)c2cccc(F)c2)C1. The van der Waals surface area contributed by atoms with Crippen LogP contribution in [0.4, 0.5) is 4.39 Å². The first-order valence-electron chi connectivity index (χ1n) is 7.20. The first-order chi connectivity index (χ1) is 8.69. The molecule has 0 heterocycles. The third-order valence-electron chi connectivity index (χ3n) is 4.19. The highest BCUT2D eigenvalue weighted by Crippen LogP contribution is 2.28. The molecule has 0 amide bonds. The molecular formula is C16H24FN. The van der Waals surface area contributed by atoms with Gasteiger partial charge in [-0.05, 0) is 43.4 Å². The average Bonchev–Trinajstić information content (AvgIpc) is 2.39. The fourth-order valence-electron chi connectivity index (χ4n) is 3.04. The normalized spacial score (nSPS) is 25.9. The minimum atomic E-state index is -0.142. The van der Waals surface area contributed by atoms with E-state index in [2.05, 4.69) is 19.2 Å². The second kappa shape index (κ2) is 6.33. The van der Waals surface area contributed by atoms with E-state index in [4.69, 9.17) is 0 Å². The Kier molecular flexibility index (Phi) is 4.76. The van der Waals surface area contributed by atoms with Gasteiger partial charge in [0.25, 0.3) is 0 Å². The summed E-state index contributed by atoms with van der Waals surface area (Å²) < 4.78 is 13.2. The molecule has 1 aliphatic carbocycles. The lowest BCUT2D eigenvalue weighted by atomic mass is 9.84. The number of rotatable bonds is 4. The van der Waals surface area contributed by atoms with Gasteiger partial charge in [-0.15, -0.1) is 0 Å². The molecule has 1 saturated carbocycles. The van der Waals surface area contributed by atoms with E-state index in [-0.39, 0.29) is 11.9 Å². The van der Waals surface area contributed by atoms with E-state index in [0.717, 1.165) is 11.5 Å². The van der Waals surface area contributed by atoms with E-state index in [1.807, 2.05) is 6.07 Å². The first-order valence-corrected chi connectivity index (χ1v) is 7.20. The highest BCUT2D eigenvalue weighted by atomic mass is 19.1. The van der Waals surface area contributed by atoms with Crippen molar-refractivity contribution in [1.82, 2.24) is 5.32 Å². The Bertz CT molecular complexity index is 377. The van der Waals surface area contributed by atoms with Gasteiger partial charge in [0, 0.05) is 12.1 Å². The van der Waals surface area contributed by atoms with Gasteiger partial charge in [-0.1, -0.05) is 38.3 Å². The number of hydrogen-bond acceptors (Lipinski definition) is 1. The molecule has 1 aromatic rings. The molecule has 0 spiro atoms. The maximum atomic E-state index is 13.2. The van der Waals surface area contributed by atoms with Gasteiger partial charge in [0.15, 0.2) is 0 Å². The number of benzene rings is 1. The van der Waals surface area contributed by atoms with E-state index in [0.29, 0.717) is 6.04 Å². The van der Waals surface area contributed by atoms with Gasteiger partial charge in [0.1, 0.15) is 5.82 Å². The van der Waals surface area contributed by atoms with Gasteiger partial charge in [0.2, 0.25) is 0 Å². The van der Waals surface area contributed by atoms with Crippen molar-refractivity contribution in [3.05, 3.63) is 35.6 Å². The van der Waals surface area contributed by atoms with Gasteiger partial charge < -0.3 is 5.32 Å². The molecule has 2 heteroatoms. The summed E-state index contributed by atoms with van der Waals surface area (Å²) in [5.41, 5.74) is 1.05. The third kappa shape index (κ3) is 3.55. The van der Waals surface area contributed by atoms with Gasteiger partial charge in [0.05, 0.1) is 0 Å². The van der Waals surface area contributed by atoms with Crippen LogP contribution < -0.4 is 5.32 Å². The Labute approximate surface area is 110 Å². The first kappa shape index (κ1) is 13.5. The van der Waals surface area contributed by atoms with Crippen LogP contribution in [0.25, 0.3) is 0 Å². The summed E-state index contributed by atoms with van der Waals surface area (Å²) in [5, 5.41) is 3.66. The average molecular weight is 249 g/mol. The molecular weight excluding hydrogens is 225 g/mol. The quantitative estimate of drug-likeness (QED) is 0.831. The zero-order chi connectivity index (χ0) is 13.0. The Morgan fingerprint density at radius 1 is 1.39 bits per heavy atom.